The monoisotopic (exact) mass is 361 g/mol. The molecule has 1 atom stereocenters. The third-order valence-corrected chi connectivity index (χ3v) is 4.46. The Balaban J connectivity index is 1.70. The summed E-state index contributed by atoms with van der Waals surface area (Å²) in [6.45, 7) is 5.88. The summed E-state index contributed by atoms with van der Waals surface area (Å²) in [5.74, 6) is -0.173. The average Bonchev–Trinajstić information content (AvgIpc) is 2.67. The van der Waals surface area contributed by atoms with E-state index in [0.717, 1.165) is 5.56 Å². The Morgan fingerprint density at radius 3 is 2.31 bits per heavy atom. The van der Waals surface area contributed by atoms with E-state index in [0.29, 0.717) is 39.2 Å². The van der Waals surface area contributed by atoms with Gasteiger partial charge in [-0.3, -0.25) is 9.59 Å². The summed E-state index contributed by atoms with van der Waals surface area (Å²) in [4.78, 5) is 39.2. The summed E-state index contributed by atoms with van der Waals surface area (Å²) in [6.07, 6.45) is -0.00343. The van der Waals surface area contributed by atoms with E-state index in [9.17, 15) is 14.4 Å². The molecular formula is C19H27N3O4. The van der Waals surface area contributed by atoms with Crippen LogP contribution in [0.3, 0.4) is 0 Å². The molecule has 1 N–H and O–H groups in total. The Kier molecular flexibility index (Phi) is 7.44. The minimum atomic E-state index is -0.345. The van der Waals surface area contributed by atoms with Crippen LogP contribution in [0.4, 0.5) is 4.79 Å². The van der Waals surface area contributed by atoms with Crippen LogP contribution in [0.1, 0.15) is 31.7 Å². The lowest BCUT2D eigenvalue weighted by atomic mass is 9.98. The molecule has 7 nitrogen and oxygen atoms in total. The zero-order chi connectivity index (χ0) is 18.9. The molecule has 0 saturated carbocycles. The highest BCUT2D eigenvalue weighted by Crippen LogP contribution is 2.17. The van der Waals surface area contributed by atoms with E-state index < -0.39 is 0 Å². The van der Waals surface area contributed by atoms with Crippen LogP contribution in [0.25, 0.3) is 0 Å². The summed E-state index contributed by atoms with van der Waals surface area (Å²) in [6, 6.07) is 9.82. The molecule has 0 aromatic heterocycles. The Hall–Kier alpha value is -2.57. The molecule has 1 aliphatic rings. The van der Waals surface area contributed by atoms with E-state index in [2.05, 4.69) is 5.32 Å². The van der Waals surface area contributed by atoms with Crippen molar-refractivity contribution in [2.24, 2.45) is 0 Å². The number of rotatable bonds is 6. The highest BCUT2D eigenvalue weighted by Gasteiger charge is 2.25. The fourth-order valence-electron chi connectivity index (χ4n) is 2.89. The molecule has 3 amide bonds. The standard InChI is InChI=1S/C19H27N3O4/c1-3-26-19(25)22-11-9-21(10-12-22)18(24)14-20-17(23)13-15(2)16-7-5-4-6-8-16/h4-8,15H,3,9-14H2,1-2H3,(H,20,23). The molecule has 1 unspecified atom stereocenters. The Morgan fingerprint density at radius 1 is 1.08 bits per heavy atom. The molecule has 1 aromatic carbocycles. The highest BCUT2D eigenvalue weighted by molar-refractivity contribution is 5.85. The van der Waals surface area contributed by atoms with Crippen molar-refractivity contribution in [2.75, 3.05) is 39.3 Å². The number of piperazine rings is 1. The van der Waals surface area contributed by atoms with Gasteiger partial charge in [-0.05, 0) is 18.4 Å². The van der Waals surface area contributed by atoms with E-state index in [-0.39, 0.29) is 30.4 Å². The van der Waals surface area contributed by atoms with Crippen LogP contribution < -0.4 is 5.32 Å². The molecule has 0 spiro atoms. The van der Waals surface area contributed by atoms with Gasteiger partial charge in [-0.25, -0.2) is 4.79 Å². The number of carbonyl (C=O) groups is 3. The number of nitrogens with zero attached hydrogens (tertiary/aromatic N) is 2. The molecule has 1 aliphatic heterocycles. The predicted molar refractivity (Wildman–Crippen MR) is 97.7 cm³/mol. The maximum atomic E-state index is 12.2. The number of carbonyl (C=O) groups excluding carboxylic acids is 3. The lowest BCUT2D eigenvalue weighted by Gasteiger charge is -2.34. The number of hydrogen-bond acceptors (Lipinski definition) is 4. The Bertz CT molecular complexity index is 612. The smallest absolute Gasteiger partial charge is 0.409 e. The van der Waals surface area contributed by atoms with Crippen molar-refractivity contribution in [3.63, 3.8) is 0 Å². The predicted octanol–water partition coefficient (Wildman–Crippen LogP) is 1.60. The molecule has 1 heterocycles. The van der Waals surface area contributed by atoms with Crippen molar-refractivity contribution in [2.45, 2.75) is 26.2 Å². The molecule has 2 rings (SSSR count). The van der Waals surface area contributed by atoms with Gasteiger partial charge in [-0.15, -0.1) is 0 Å². The maximum absolute atomic E-state index is 12.2. The van der Waals surface area contributed by atoms with Gasteiger partial charge in [0.15, 0.2) is 0 Å². The second kappa shape index (κ2) is 9.79. The van der Waals surface area contributed by atoms with Crippen molar-refractivity contribution < 1.29 is 19.1 Å². The number of nitrogens with one attached hydrogen (secondary N) is 1. The maximum Gasteiger partial charge on any atom is 0.409 e. The van der Waals surface area contributed by atoms with Crippen LogP contribution in [0.2, 0.25) is 0 Å². The first kappa shape index (κ1) is 19.8. The minimum absolute atomic E-state index is 0.0141. The topological polar surface area (TPSA) is 79.0 Å². The lowest BCUT2D eigenvalue weighted by Crippen LogP contribution is -2.52. The molecule has 1 aromatic rings. The lowest BCUT2D eigenvalue weighted by molar-refractivity contribution is -0.134. The zero-order valence-corrected chi connectivity index (χ0v) is 15.4. The van der Waals surface area contributed by atoms with Gasteiger partial charge in [0, 0.05) is 32.6 Å². The number of ether oxygens (including phenoxy) is 1. The highest BCUT2D eigenvalue weighted by atomic mass is 16.6. The van der Waals surface area contributed by atoms with Crippen molar-refractivity contribution in [1.29, 1.82) is 0 Å². The van der Waals surface area contributed by atoms with Gasteiger partial charge in [0.1, 0.15) is 0 Å². The number of benzene rings is 1. The first-order valence-corrected chi connectivity index (χ1v) is 9.02. The van der Waals surface area contributed by atoms with Crippen LogP contribution in [-0.4, -0.2) is 67.0 Å². The van der Waals surface area contributed by atoms with E-state index in [1.807, 2.05) is 37.3 Å². The summed E-state index contributed by atoms with van der Waals surface area (Å²) in [5.41, 5.74) is 1.10. The molecule has 26 heavy (non-hydrogen) atoms. The summed E-state index contributed by atoms with van der Waals surface area (Å²) < 4.78 is 4.96. The van der Waals surface area contributed by atoms with Crippen molar-refractivity contribution in [1.82, 2.24) is 15.1 Å². The van der Waals surface area contributed by atoms with Crippen LogP contribution in [-0.2, 0) is 14.3 Å². The number of hydrogen-bond donors (Lipinski definition) is 1. The third-order valence-electron chi connectivity index (χ3n) is 4.46. The fraction of sp³-hybridized carbons (Fsp3) is 0.526. The molecule has 1 saturated heterocycles. The molecular weight excluding hydrogens is 334 g/mol. The van der Waals surface area contributed by atoms with E-state index in [1.165, 1.54) is 0 Å². The average molecular weight is 361 g/mol. The van der Waals surface area contributed by atoms with Gasteiger partial charge < -0.3 is 19.9 Å². The van der Waals surface area contributed by atoms with Crippen molar-refractivity contribution in [3.05, 3.63) is 35.9 Å². The van der Waals surface area contributed by atoms with Crippen LogP contribution in [0.5, 0.6) is 0 Å². The van der Waals surface area contributed by atoms with Crippen LogP contribution >= 0.6 is 0 Å². The zero-order valence-electron chi connectivity index (χ0n) is 15.4. The second-order valence-corrected chi connectivity index (χ2v) is 6.36. The molecule has 0 aliphatic carbocycles. The van der Waals surface area contributed by atoms with Gasteiger partial charge in [-0.1, -0.05) is 37.3 Å². The fourth-order valence-corrected chi connectivity index (χ4v) is 2.89. The van der Waals surface area contributed by atoms with Crippen molar-refractivity contribution in [3.8, 4) is 0 Å². The largest absolute Gasteiger partial charge is 0.450 e. The van der Waals surface area contributed by atoms with Gasteiger partial charge >= 0.3 is 6.09 Å². The van der Waals surface area contributed by atoms with E-state index in [4.69, 9.17) is 4.74 Å². The molecule has 0 bridgehead atoms. The van der Waals surface area contributed by atoms with E-state index in [1.54, 1.807) is 16.7 Å². The van der Waals surface area contributed by atoms with Gasteiger partial charge in [-0.2, -0.15) is 0 Å². The molecule has 1 fully saturated rings. The van der Waals surface area contributed by atoms with Gasteiger partial charge in [0.25, 0.3) is 0 Å². The first-order valence-electron chi connectivity index (χ1n) is 9.02. The summed E-state index contributed by atoms with van der Waals surface area (Å²) in [5, 5.41) is 2.70. The third kappa shape index (κ3) is 5.75. The normalized spacial score (nSPS) is 15.3. The summed E-state index contributed by atoms with van der Waals surface area (Å²) in [7, 11) is 0. The quantitative estimate of drug-likeness (QED) is 0.835. The Labute approximate surface area is 154 Å². The SMILES string of the molecule is CCOC(=O)N1CCN(C(=O)CNC(=O)CC(C)c2ccccc2)CC1. The molecule has 7 heteroatoms. The summed E-state index contributed by atoms with van der Waals surface area (Å²) >= 11 is 0. The minimum Gasteiger partial charge on any atom is -0.450 e. The van der Waals surface area contributed by atoms with Crippen LogP contribution in [0, 0.1) is 0 Å². The Morgan fingerprint density at radius 2 is 1.69 bits per heavy atom. The van der Waals surface area contributed by atoms with Crippen LogP contribution in [0.15, 0.2) is 30.3 Å². The molecule has 0 radical (unpaired) electrons. The van der Waals surface area contributed by atoms with Gasteiger partial charge in [0.2, 0.25) is 11.8 Å². The first-order chi connectivity index (χ1) is 12.5. The number of amides is 3. The van der Waals surface area contributed by atoms with E-state index >= 15 is 0 Å². The second-order valence-electron chi connectivity index (χ2n) is 6.36. The molecule has 142 valence electrons. The van der Waals surface area contributed by atoms with Gasteiger partial charge in [0.05, 0.1) is 13.2 Å². The van der Waals surface area contributed by atoms with Crippen molar-refractivity contribution >= 4 is 17.9 Å².